The van der Waals surface area contributed by atoms with Gasteiger partial charge in [0.2, 0.25) is 5.71 Å². The molecule has 0 amide bonds. The zero-order valence-electron chi connectivity index (χ0n) is 16.6. The fourth-order valence-corrected chi connectivity index (χ4v) is 6.05. The molecule has 5 rings (SSSR count). The number of rotatable bonds is 1. The topological polar surface area (TPSA) is 29.3 Å². The van der Waals surface area contributed by atoms with E-state index in [-0.39, 0.29) is 0 Å². The van der Waals surface area contributed by atoms with Crippen LogP contribution in [-0.4, -0.2) is 28.5 Å². The van der Waals surface area contributed by atoms with Gasteiger partial charge in [0.1, 0.15) is 5.58 Å². The molecule has 0 radical (unpaired) electrons. The molecule has 2 aromatic heterocycles. The third kappa shape index (κ3) is 1.85. The molecular weight excluding hydrogens is 320 g/mol. The van der Waals surface area contributed by atoms with E-state index in [1.807, 2.05) is 6.92 Å². The lowest BCUT2D eigenvalue weighted by atomic mass is 9.63. The number of hydrogen-bond acceptors (Lipinski definition) is 3. The van der Waals surface area contributed by atoms with Crippen molar-refractivity contribution in [3.8, 4) is 0 Å². The van der Waals surface area contributed by atoms with Gasteiger partial charge in [0.25, 0.3) is 0 Å². The maximum absolute atomic E-state index is 6.39. The van der Waals surface area contributed by atoms with Gasteiger partial charge >= 0.3 is 0 Å². The summed E-state index contributed by atoms with van der Waals surface area (Å²) < 4.78 is 6.39. The summed E-state index contributed by atoms with van der Waals surface area (Å²) in [6.45, 7) is 15.2. The summed E-state index contributed by atoms with van der Waals surface area (Å²) in [7, 11) is 0. The number of benzene rings is 1. The zero-order chi connectivity index (χ0) is 18.4. The average molecular weight is 348 g/mol. The van der Waals surface area contributed by atoms with Crippen LogP contribution in [0.2, 0.25) is 0 Å². The Morgan fingerprint density at radius 3 is 2.50 bits per heavy atom. The number of fused-ring (bicyclic) bond motifs is 5. The van der Waals surface area contributed by atoms with E-state index >= 15 is 0 Å². The summed E-state index contributed by atoms with van der Waals surface area (Å²) in [5, 5.41) is 2.34. The maximum atomic E-state index is 6.39. The second-order valence-corrected chi connectivity index (χ2v) is 9.01. The third-order valence-electron chi connectivity index (χ3n) is 7.74. The van der Waals surface area contributed by atoms with Crippen molar-refractivity contribution in [2.75, 3.05) is 6.54 Å². The van der Waals surface area contributed by atoms with E-state index in [1.54, 1.807) is 0 Å². The second-order valence-electron chi connectivity index (χ2n) is 9.01. The van der Waals surface area contributed by atoms with Gasteiger partial charge in [-0.3, -0.25) is 4.90 Å². The first kappa shape index (κ1) is 16.3. The lowest BCUT2D eigenvalue weighted by molar-refractivity contribution is 0.112. The van der Waals surface area contributed by atoms with E-state index in [9.17, 15) is 0 Å². The predicted molar refractivity (Wildman–Crippen MR) is 107 cm³/mol. The molecule has 2 fully saturated rings. The highest BCUT2D eigenvalue weighted by molar-refractivity contribution is 6.05. The van der Waals surface area contributed by atoms with Crippen LogP contribution in [0, 0.1) is 25.2 Å². The summed E-state index contributed by atoms with van der Waals surface area (Å²) >= 11 is 0. The summed E-state index contributed by atoms with van der Waals surface area (Å²) in [6, 6.07) is 9.92. The molecule has 0 aliphatic carbocycles. The molecule has 2 aliphatic rings. The predicted octanol–water partition coefficient (Wildman–Crippen LogP) is 5.43. The van der Waals surface area contributed by atoms with E-state index in [1.165, 1.54) is 23.1 Å². The van der Waals surface area contributed by atoms with E-state index in [0.717, 1.165) is 22.4 Å². The van der Waals surface area contributed by atoms with E-state index in [2.05, 4.69) is 68.8 Å². The Hall–Kier alpha value is -1.87. The number of furan rings is 1. The molecule has 0 spiro atoms. The van der Waals surface area contributed by atoms with Gasteiger partial charge in [0.05, 0.1) is 0 Å². The van der Waals surface area contributed by atoms with E-state index in [0.29, 0.717) is 29.3 Å². The lowest BCUT2D eigenvalue weighted by Crippen LogP contribution is -2.45. The van der Waals surface area contributed by atoms with Gasteiger partial charge in [-0.1, -0.05) is 26.0 Å². The van der Waals surface area contributed by atoms with Gasteiger partial charge in [-0.05, 0) is 56.7 Å². The van der Waals surface area contributed by atoms with Gasteiger partial charge in [0, 0.05) is 46.6 Å². The highest BCUT2D eigenvalue weighted by Gasteiger charge is 2.60. The van der Waals surface area contributed by atoms with E-state index < -0.39 is 0 Å². The summed E-state index contributed by atoms with van der Waals surface area (Å²) in [5.74, 6) is 1.18. The molecule has 2 aliphatic heterocycles. The highest BCUT2D eigenvalue weighted by Crippen LogP contribution is 2.60. The molecule has 4 heterocycles. The van der Waals surface area contributed by atoms with E-state index in [4.69, 9.17) is 4.42 Å². The van der Waals surface area contributed by atoms with Crippen LogP contribution in [0.4, 0.5) is 0 Å². The van der Waals surface area contributed by atoms with Crippen molar-refractivity contribution in [2.45, 2.75) is 59.5 Å². The zero-order valence-corrected chi connectivity index (χ0v) is 16.6. The quantitative estimate of drug-likeness (QED) is 0.587. The Kier molecular flexibility index (Phi) is 3.20. The number of nitrogens with zero attached hydrogens (tertiary/aromatic N) is 2. The largest absolute Gasteiger partial charge is 0.437 e. The Morgan fingerprint density at radius 1 is 1.04 bits per heavy atom. The molecule has 0 N–H and O–H groups in total. The molecule has 6 atom stereocenters. The molecule has 3 aromatic rings. The highest BCUT2D eigenvalue weighted by atomic mass is 16.3. The van der Waals surface area contributed by atoms with Crippen molar-refractivity contribution in [3.05, 3.63) is 41.1 Å². The van der Waals surface area contributed by atoms with Crippen LogP contribution in [0.25, 0.3) is 22.1 Å². The Balaban J connectivity index is 1.79. The van der Waals surface area contributed by atoms with Gasteiger partial charge < -0.3 is 4.42 Å². The first-order valence-corrected chi connectivity index (χ1v) is 9.88. The van der Waals surface area contributed by atoms with Crippen molar-refractivity contribution in [3.63, 3.8) is 0 Å². The monoisotopic (exact) mass is 348 g/mol. The molecule has 26 heavy (non-hydrogen) atoms. The first-order valence-electron chi connectivity index (χ1n) is 9.88. The minimum absolute atomic E-state index is 0.292. The van der Waals surface area contributed by atoms with Crippen LogP contribution in [0.3, 0.4) is 0 Å². The fourth-order valence-electron chi connectivity index (χ4n) is 6.05. The first-order chi connectivity index (χ1) is 12.3. The fraction of sp³-hybridized carbons (Fsp3) is 0.522. The molecule has 6 unspecified atom stereocenters. The number of aromatic nitrogens is 1. The standard InChI is InChI=1S/C23H28N2O/c1-12-7-9-17-18-10-8-13(2)24-22(18)26-21(17)19(12)20-16(5)25-11-23(20,6)14(3)15(25)4/h7-10,14-16,20H,11H2,1-6H3. The van der Waals surface area contributed by atoms with Crippen LogP contribution in [-0.2, 0) is 0 Å². The number of piperidine rings is 1. The van der Waals surface area contributed by atoms with Crippen LogP contribution in [0.1, 0.15) is 50.4 Å². The third-order valence-corrected chi connectivity index (χ3v) is 7.74. The number of aryl methyl sites for hydroxylation is 2. The average Bonchev–Trinajstić information content (AvgIpc) is 3.16. The van der Waals surface area contributed by atoms with Crippen molar-refractivity contribution < 1.29 is 4.42 Å². The van der Waals surface area contributed by atoms with Gasteiger partial charge in [-0.25, -0.2) is 4.98 Å². The number of pyridine rings is 1. The van der Waals surface area contributed by atoms with Crippen LogP contribution in [0.5, 0.6) is 0 Å². The van der Waals surface area contributed by atoms with Crippen molar-refractivity contribution >= 4 is 22.1 Å². The van der Waals surface area contributed by atoms with Gasteiger partial charge in [-0.15, -0.1) is 0 Å². The minimum atomic E-state index is 0.292. The SMILES string of the molecule is Cc1ccc2c(n1)oc1c(C3C(C)N4CC3(C)C(C)C4C)c(C)ccc12. The van der Waals surface area contributed by atoms with Crippen molar-refractivity contribution in [2.24, 2.45) is 11.3 Å². The number of hydrogen-bond donors (Lipinski definition) is 0. The summed E-state index contributed by atoms with van der Waals surface area (Å²) in [6.07, 6.45) is 0. The Bertz CT molecular complexity index is 1040. The smallest absolute Gasteiger partial charge is 0.227 e. The van der Waals surface area contributed by atoms with Crippen LogP contribution >= 0.6 is 0 Å². The molecule has 1 aromatic carbocycles. The lowest BCUT2D eigenvalue weighted by Gasteiger charge is -2.44. The molecule has 2 bridgehead atoms. The van der Waals surface area contributed by atoms with Crippen molar-refractivity contribution in [1.29, 1.82) is 0 Å². The summed E-state index contributed by atoms with van der Waals surface area (Å²) in [4.78, 5) is 7.35. The molecular formula is C23H28N2O. The Labute approximate surface area is 155 Å². The van der Waals surface area contributed by atoms with Crippen LogP contribution in [0.15, 0.2) is 28.7 Å². The van der Waals surface area contributed by atoms with Crippen molar-refractivity contribution in [1.82, 2.24) is 9.88 Å². The van der Waals surface area contributed by atoms with Crippen LogP contribution < -0.4 is 0 Å². The molecule has 3 heteroatoms. The Morgan fingerprint density at radius 2 is 1.77 bits per heavy atom. The normalized spacial score (nSPS) is 36.5. The maximum Gasteiger partial charge on any atom is 0.227 e. The van der Waals surface area contributed by atoms with Gasteiger partial charge in [0.15, 0.2) is 0 Å². The molecule has 2 saturated heterocycles. The molecule has 3 nitrogen and oxygen atoms in total. The molecule has 136 valence electrons. The molecule has 0 saturated carbocycles. The summed E-state index contributed by atoms with van der Waals surface area (Å²) in [5.41, 5.74) is 5.89. The minimum Gasteiger partial charge on any atom is -0.437 e. The second kappa shape index (κ2) is 5.10. The van der Waals surface area contributed by atoms with Gasteiger partial charge in [-0.2, -0.15) is 0 Å².